The SMILES string of the molecule is c1ccc(-c2nc(-c3ccccc3-c3ccc4c(c3)c3ccccc3n4-c3ccccc3)cc(-c3ccc(-c4c5ccccc5cc5c4ccc4ccccc45)c4ccccc34)n2)cc1. The standard InChI is InChI=1S/C62H39N3/c1-3-18-41(19-4-1)62-63-57(50-28-14-11-24-46(50)43-32-36-60-56(38-43)52-29-15-16-30-59(52)65(60)44-21-5-2-6-22-44)39-58(64-62)51-34-35-53(49-27-13-12-26-48(49)51)61-47-25-10-8-20-42(47)37-55-45-23-9-7-17-40(45)31-33-54(55)61/h1-39H. The van der Waals surface area contributed by atoms with E-state index in [-0.39, 0.29) is 0 Å². The lowest BCUT2D eigenvalue weighted by molar-refractivity contribution is 1.18. The van der Waals surface area contributed by atoms with Crippen molar-refractivity contribution in [2.75, 3.05) is 0 Å². The molecule has 0 aliphatic heterocycles. The van der Waals surface area contributed by atoms with Crippen LogP contribution in [0.2, 0.25) is 0 Å². The number of benzene rings is 11. The van der Waals surface area contributed by atoms with Gasteiger partial charge in [0, 0.05) is 33.2 Å². The zero-order valence-corrected chi connectivity index (χ0v) is 35.4. The molecule has 0 unspecified atom stereocenters. The Bertz CT molecular complexity index is 4000. The van der Waals surface area contributed by atoms with E-state index in [1.165, 1.54) is 70.6 Å². The largest absolute Gasteiger partial charge is 0.309 e. The van der Waals surface area contributed by atoms with E-state index in [1.54, 1.807) is 0 Å². The topological polar surface area (TPSA) is 30.7 Å². The lowest BCUT2D eigenvalue weighted by Crippen LogP contribution is -1.98. The van der Waals surface area contributed by atoms with E-state index in [9.17, 15) is 0 Å². The van der Waals surface area contributed by atoms with Crippen LogP contribution in [0.25, 0.3) is 127 Å². The molecule has 13 aromatic rings. The summed E-state index contributed by atoms with van der Waals surface area (Å²) in [4.78, 5) is 10.7. The van der Waals surface area contributed by atoms with Crippen molar-refractivity contribution in [1.82, 2.24) is 14.5 Å². The molecule has 11 aromatic carbocycles. The smallest absolute Gasteiger partial charge is 0.160 e. The van der Waals surface area contributed by atoms with Gasteiger partial charge in [0.05, 0.1) is 22.4 Å². The van der Waals surface area contributed by atoms with Crippen LogP contribution in [0.1, 0.15) is 0 Å². The van der Waals surface area contributed by atoms with Crippen LogP contribution in [-0.4, -0.2) is 14.5 Å². The first-order valence-electron chi connectivity index (χ1n) is 22.2. The van der Waals surface area contributed by atoms with Gasteiger partial charge in [-0.3, -0.25) is 0 Å². The maximum absolute atomic E-state index is 5.38. The average molecular weight is 826 g/mol. The maximum atomic E-state index is 5.38. The Balaban J connectivity index is 1.01. The summed E-state index contributed by atoms with van der Waals surface area (Å²) in [6.07, 6.45) is 0. The van der Waals surface area contributed by atoms with Gasteiger partial charge in [-0.25, -0.2) is 9.97 Å². The molecule has 0 amide bonds. The fraction of sp³-hybridized carbons (Fsp3) is 0. The minimum atomic E-state index is 0.689. The minimum absolute atomic E-state index is 0.689. The quantitative estimate of drug-likeness (QED) is 0.123. The lowest BCUT2D eigenvalue weighted by atomic mass is 9.86. The second-order valence-corrected chi connectivity index (χ2v) is 16.9. The summed E-state index contributed by atoms with van der Waals surface area (Å²) in [5.74, 6) is 0.689. The van der Waals surface area contributed by atoms with Gasteiger partial charge in [0.15, 0.2) is 5.82 Å². The van der Waals surface area contributed by atoms with Crippen molar-refractivity contribution < 1.29 is 0 Å². The third kappa shape index (κ3) is 6.05. The number of para-hydroxylation sites is 2. The molecule has 0 saturated heterocycles. The van der Waals surface area contributed by atoms with E-state index >= 15 is 0 Å². The molecule has 0 N–H and O–H groups in total. The molecule has 0 aliphatic rings. The third-order valence-electron chi connectivity index (χ3n) is 13.2. The van der Waals surface area contributed by atoms with Crippen LogP contribution in [0.15, 0.2) is 237 Å². The van der Waals surface area contributed by atoms with Crippen LogP contribution >= 0.6 is 0 Å². The Morgan fingerprint density at radius 2 is 0.862 bits per heavy atom. The van der Waals surface area contributed by atoms with Crippen molar-refractivity contribution in [2.24, 2.45) is 0 Å². The van der Waals surface area contributed by atoms with Crippen LogP contribution in [0.4, 0.5) is 0 Å². The van der Waals surface area contributed by atoms with Gasteiger partial charge in [0.25, 0.3) is 0 Å². The zero-order valence-electron chi connectivity index (χ0n) is 35.4. The summed E-state index contributed by atoms with van der Waals surface area (Å²) in [6.45, 7) is 0. The average Bonchev–Trinajstić information content (AvgIpc) is 3.72. The van der Waals surface area contributed by atoms with E-state index in [2.05, 4.69) is 235 Å². The van der Waals surface area contributed by atoms with Gasteiger partial charge >= 0.3 is 0 Å². The highest BCUT2D eigenvalue weighted by molar-refractivity contribution is 6.23. The van der Waals surface area contributed by atoms with Crippen LogP contribution in [0, 0.1) is 0 Å². The Hall–Kier alpha value is -8.66. The highest BCUT2D eigenvalue weighted by Gasteiger charge is 2.20. The lowest BCUT2D eigenvalue weighted by Gasteiger charge is -2.18. The van der Waals surface area contributed by atoms with E-state index in [0.29, 0.717) is 5.82 Å². The summed E-state index contributed by atoms with van der Waals surface area (Å²) in [5, 5.41) is 12.2. The predicted octanol–water partition coefficient (Wildman–Crippen LogP) is 16.5. The Kier molecular flexibility index (Phi) is 8.53. The second-order valence-electron chi connectivity index (χ2n) is 16.9. The normalized spacial score (nSPS) is 11.7. The molecule has 2 heterocycles. The van der Waals surface area contributed by atoms with E-state index < -0.39 is 0 Å². The molecule has 0 saturated carbocycles. The highest BCUT2D eigenvalue weighted by atomic mass is 15.0. The van der Waals surface area contributed by atoms with Crippen molar-refractivity contribution in [2.45, 2.75) is 0 Å². The van der Waals surface area contributed by atoms with Crippen molar-refractivity contribution in [1.29, 1.82) is 0 Å². The molecule has 65 heavy (non-hydrogen) atoms. The number of nitrogens with zero attached hydrogens (tertiary/aromatic N) is 3. The van der Waals surface area contributed by atoms with E-state index in [1.807, 2.05) is 6.07 Å². The van der Waals surface area contributed by atoms with E-state index in [4.69, 9.17) is 9.97 Å². The van der Waals surface area contributed by atoms with Crippen molar-refractivity contribution in [3.05, 3.63) is 237 Å². The summed E-state index contributed by atoms with van der Waals surface area (Å²) in [5.41, 5.74) is 13.0. The first-order valence-corrected chi connectivity index (χ1v) is 22.2. The molecule has 0 atom stereocenters. The molecule has 0 spiro atoms. The number of hydrogen-bond donors (Lipinski definition) is 0. The molecular weight excluding hydrogens is 787 g/mol. The third-order valence-corrected chi connectivity index (χ3v) is 13.2. The molecular formula is C62H39N3. The minimum Gasteiger partial charge on any atom is -0.309 e. The summed E-state index contributed by atoms with van der Waals surface area (Å²) in [6, 6.07) is 85.2. The Morgan fingerprint density at radius 1 is 0.277 bits per heavy atom. The van der Waals surface area contributed by atoms with Gasteiger partial charge in [-0.05, 0) is 108 Å². The first-order chi connectivity index (χ1) is 32.2. The molecule has 302 valence electrons. The number of hydrogen-bond acceptors (Lipinski definition) is 2. The van der Waals surface area contributed by atoms with Crippen LogP contribution in [0.3, 0.4) is 0 Å². The van der Waals surface area contributed by atoms with E-state index in [0.717, 1.165) is 50.3 Å². The Labute approximate surface area is 376 Å². The first kappa shape index (κ1) is 36.9. The highest BCUT2D eigenvalue weighted by Crippen LogP contribution is 2.45. The van der Waals surface area contributed by atoms with Crippen LogP contribution in [0.5, 0.6) is 0 Å². The monoisotopic (exact) mass is 825 g/mol. The van der Waals surface area contributed by atoms with Crippen molar-refractivity contribution in [3.63, 3.8) is 0 Å². The fourth-order valence-corrected chi connectivity index (χ4v) is 10.2. The number of fused-ring (bicyclic) bond motifs is 8. The van der Waals surface area contributed by atoms with Gasteiger partial charge in [-0.15, -0.1) is 0 Å². The van der Waals surface area contributed by atoms with Crippen molar-refractivity contribution >= 4 is 64.9 Å². The van der Waals surface area contributed by atoms with Gasteiger partial charge < -0.3 is 4.57 Å². The number of aromatic nitrogens is 3. The zero-order chi connectivity index (χ0) is 42.8. The van der Waals surface area contributed by atoms with Gasteiger partial charge in [0.1, 0.15) is 0 Å². The fourth-order valence-electron chi connectivity index (χ4n) is 10.2. The van der Waals surface area contributed by atoms with Crippen molar-refractivity contribution in [3.8, 4) is 61.8 Å². The second kappa shape index (κ2) is 15.0. The molecule has 3 heteroatoms. The predicted molar refractivity (Wildman–Crippen MR) is 274 cm³/mol. The summed E-state index contributed by atoms with van der Waals surface area (Å²) >= 11 is 0. The Morgan fingerprint density at radius 3 is 1.66 bits per heavy atom. The van der Waals surface area contributed by atoms with Crippen LogP contribution in [-0.2, 0) is 0 Å². The van der Waals surface area contributed by atoms with Gasteiger partial charge in [0.2, 0.25) is 0 Å². The summed E-state index contributed by atoms with van der Waals surface area (Å²) < 4.78 is 2.36. The summed E-state index contributed by atoms with van der Waals surface area (Å²) in [7, 11) is 0. The molecule has 2 aromatic heterocycles. The number of rotatable bonds is 6. The van der Waals surface area contributed by atoms with Gasteiger partial charge in [-0.2, -0.15) is 0 Å². The van der Waals surface area contributed by atoms with Gasteiger partial charge in [-0.1, -0.05) is 194 Å². The molecule has 0 fully saturated rings. The molecule has 13 rings (SSSR count). The molecule has 0 bridgehead atoms. The molecule has 0 radical (unpaired) electrons. The van der Waals surface area contributed by atoms with Crippen LogP contribution < -0.4 is 0 Å². The molecule has 3 nitrogen and oxygen atoms in total. The maximum Gasteiger partial charge on any atom is 0.160 e. The molecule has 0 aliphatic carbocycles.